The molecule has 2 aromatic rings. The standard InChI is InChI=1S/C14H15F2N3O2/c15-14(16)20-11-5-1-9(2-6-11)13-19-18-12(21-13)7-8-17-10-3-4-10/h1-2,5-6,10,14,17H,3-4,7-8H2. The maximum atomic E-state index is 12.1. The van der Waals surface area contributed by atoms with Crippen LogP contribution in [0.1, 0.15) is 18.7 Å². The van der Waals surface area contributed by atoms with E-state index in [9.17, 15) is 8.78 Å². The Morgan fingerprint density at radius 3 is 2.67 bits per heavy atom. The first-order chi connectivity index (χ1) is 10.2. The Bertz CT molecular complexity index is 582. The maximum Gasteiger partial charge on any atom is 0.387 e. The largest absolute Gasteiger partial charge is 0.435 e. The molecule has 1 aliphatic carbocycles. The van der Waals surface area contributed by atoms with Gasteiger partial charge in [0.05, 0.1) is 0 Å². The molecule has 0 aliphatic heterocycles. The highest BCUT2D eigenvalue weighted by Gasteiger charge is 2.20. The van der Waals surface area contributed by atoms with E-state index >= 15 is 0 Å². The minimum absolute atomic E-state index is 0.0992. The molecule has 7 heteroatoms. The number of hydrogen-bond acceptors (Lipinski definition) is 5. The number of nitrogens with zero attached hydrogens (tertiary/aromatic N) is 2. The van der Waals surface area contributed by atoms with Gasteiger partial charge in [0.25, 0.3) is 0 Å². The zero-order valence-electron chi connectivity index (χ0n) is 11.3. The molecule has 0 spiro atoms. The van der Waals surface area contributed by atoms with E-state index in [1.165, 1.54) is 25.0 Å². The lowest BCUT2D eigenvalue weighted by atomic mass is 10.2. The number of ether oxygens (including phenoxy) is 1. The maximum absolute atomic E-state index is 12.1. The van der Waals surface area contributed by atoms with Crippen LogP contribution in [0.2, 0.25) is 0 Å². The first kappa shape index (κ1) is 13.9. The Morgan fingerprint density at radius 2 is 2.00 bits per heavy atom. The molecule has 0 radical (unpaired) electrons. The number of halogens is 2. The van der Waals surface area contributed by atoms with Crippen LogP contribution < -0.4 is 10.1 Å². The third-order valence-corrected chi connectivity index (χ3v) is 3.14. The van der Waals surface area contributed by atoms with Crippen LogP contribution in [-0.2, 0) is 6.42 Å². The van der Waals surface area contributed by atoms with Gasteiger partial charge in [0.15, 0.2) is 0 Å². The number of benzene rings is 1. The molecule has 0 bridgehead atoms. The van der Waals surface area contributed by atoms with E-state index < -0.39 is 6.61 Å². The van der Waals surface area contributed by atoms with Crippen LogP contribution in [0.5, 0.6) is 5.75 Å². The van der Waals surface area contributed by atoms with Crippen molar-refractivity contribution in [3.63, 3.8) is 0 Å². The van der Waals surface area contributed by atoms with Gasteiger partial charge in [-0.25, -0.2) is 0 Å². The predicted molar refractivity (Wildman–Crippen MR) is 71.1 cm³/mol. The second-order valence-corrected chi connectivity index (χ2v) is 4.88. The first-order valence-corrected chi connectivity index (χ1v) is 6.82. The Kier molecular flexibility index (Phi) is 4.10. The lowest BCUT2D eigenvalue weighted by molar-refractivity contribution is -0.0498. The smallest absolute Gasteiger partial charge is 0.387 e. The predicted octanol–water partition coefficient (Wildman–Crippen LogP) is 2.63. The summed E-state index contributed by atoms with van der Waals surface area (Å²) in [6.07, 6.45) is 3.15. The minimum Gasteiger partial charge on any atom is -0.435 e. The van der Waals surface area contributed by atoms with E-state index in [1.54, 1.807) is 12.1 Å². The fraction of sp³-hybridized carbons (Fsp3) is 0.429. The van der Waals surface area contributed by atoms with E-state index in [4.69, 9.17) is 4.42 Å². The molecule has 0 unspecified atom stereocenters. The number of hydrogen-bond donors (Lipinski definition) is 1. The van der Waals surface area contributed by atoms with Crippen LogP contribution in [-0.4, -0.2) is 29.4 Å². The number of aromatic nitrogens is 2. The second kappa shape index (κ2) is 6.17. The van der Waals surface area contributed by atoms with Gasteiger partial charge in [0.1, 0.15) is 5.75 Å². The Hall–Kier alpha value is -2.02. The van der Waals surface area contributed by atoms with E-state index in [-0.39, 0.29) is 5.75 Å². The van der Waals surface area contributed by atoms with Crippen molar-refractivity contribution in [1.29, 1.82) is 0 Å². The third kappa shape index (κ3) is 3.98. The minimum atomic E-state index is -2.83. The number of rotatable bonds is 7. The topological polar surface area (TPSA) is 60.2 Å². The van der Waals surface area contributed by atoms with Crippen LogP contribution in [0.3, 0.4) is 0 Å². The SMILES string of the molecule is FC(F)Oc1ccc(-c2nnc(CCNC3CC3)o2)cc1. The molecule has 1 heterocycles. The quantitative estimate of drug-likeness (QED) is 0.851. The normalized spacial score (nSPS) is 14.6. The summed E-state index contributed by atoms with van der Waals surface area (Å²) in [5.41, 5.74) is 0.672. The van der Waals surface area contributed by atoms with E-state index in [1.807, 2.05) is 0 Å². The van der Waals surface area contributed by atoms with Crippen molar-refractivity contribution >= 4 is 0 Å². The number of nitrogens with one attached hydrogen (secondary N) is 1. The molecule has 0 saturated heterocycles. The van der Waals surface area contributed by atoms with Gasteiger partial charge in [-0.15, -0.1) is 10.2 Å². The van der Waals surface area contributed by atoms with Crippen LogP contribution in [0.15, 0.2) is 28.7 Å². The summed E-state index contributed by atoms with van der Waals surface area (Å²) >= 11 is 0. The van der Waals surface area contributed by atoms with Crippen LogP contribution in [0.25, 0.3) is 11.5 Å². The van der Waals surface area contributed by atoms with Gasteiger partial charge >= 0.3 is 6.61 Å². The Morgan fingerprint density at radius 1 is 1.24 bits per heavy atom. The zero-order valence-corrected chi connectivity index (χ0v) is 11.3. The van der Waals surface area contributed by atoms with Gasteiger partial charge in [-0.05, 0) is 37.1 Å². The summed E-state index contributed by atoms with van der Waals surface area (Å²) in [7, 11) is 0. The van der Waals surface area contributed by atoms with Gasteiger partial charge in [-0.2, -0.15) is 8.78 Å². The molecule has 1 aliphatic rings. The van der Waals surface area contributed by atoms with Gasteiger partial charge in [-0.3, -0.25) is 0 Å². The molecule has 0 atom stereocenters. The lowest BCUT2D eigenvalue weighted by Gasteiger charge is -2.03. The van der Waals surface area contributed by atoms with Gasteiger partial charge in [0, 0.05) is 24.6 Å². The summed E-state index contributed by atoms with van der Waals surface area (Å²) < 4.78 is 33.9. The fourth-order valence-electron chi connectivity index (χ4n) is 1.92. The summed E-state index contributed by atoms with van der Waals surface area (Å²) in [6, 6.07) is 6.75. The van der Waals surface area contributed by atoms with Crippen LogP contribution in [0, 0.1) is 0 Å². The van der Waals surface area contributed by atoms with Crippen LogP contribution >= 0.6 is 0 Å². The average Bonchev–Trinajstić information content (AvgIpc) is 3.16. The molecule has 112 valence electrons. The van der Waals surface area contributed by atoms with Crippen molar-refractivity contribution in [2.24, 2.45) is 0 Å². The third-order valence-electron chi connectivity index (χ3n) is 3.14. The van der Waals surface area contributed by atoms with Gasteiger partial charge < -0.3 is 14.5 Å². The molecule has 5 nitrogen and oxygen atoms in total. The molecule has 1 saturated carbocycles. The van der Waals surface area contributed by atoms with E-state index in [2.05, 4.69) is 20.3 Å². The highest BCUT2D eigenvalue weighted by molar-refractivity contribution is 5.53. The zero-order chi connectivity index (χ0) is 14.7. The van der Waals surface area contributed by atoms with Crippen molar-refractivity contribution in [2.45, 2.75) is 31.9 Å². The van der Waals surface area contributed by atoms with Crippen molar-refractivity contribution in [1.82, 2.24) is 15.5 Å². The lowest BCUT2D eigenvalue weighted by Crippen LogP contribution is -2.19. The molecule has 1 fully saturated rings. The molecule has 1 aromatic heterocycles. The first-order valence-electron chi connectivity index (χ1n) is 6.82. The van der Waals surface area contributed by atoms with Crippen molar-refractivity contribution in [2.75, 3.05) is 6.54 Å². The molecule has 3 rings (SSSR count). The second-order valence-electron chi connectivity index (χ2n) is 4.88. The number of alkyl halides is 2. The Labute approximate surface area is 120 Å². The summed E-state index contributed by atoms with van der Waals surface area (Å²) in [5.74, 6) is 1.04. The molecule has 1 N–H and O–H groups in total. The van der Waals surface area contributed by atoms with Gasteiger partial charge in [-0.1, -0.05) is 0 Å². The fourth-order valence-corrected chi connectivity index (χ4v) is 1.92. The highest BCUT2D eigenvalue weighted by atomic mass is 19.3. The molecule has 21 heavy (non-hydrogen) atoms. The molecular formula is C14H15F2N3O2. The average molecular weight is 295 g/mol. The van der Waals surface area contributed by atoms with Crippen molar-refractivity contribution < 1.29 is 17.9 Å². The molecule has 1 aromatic carbocycles. The highest BCUT2D eigenvalue weighted by Crippen LogP contribution is 2.22. The van der Waals surface area contributed by atoms with E-state index in [0.29, 0.717) is 29.8 Å². The van der Waals surface area contributed by atoms with E-state index in [0.717, 1.165) is 6.54 Å². The van der Waals surface area contributed by atoms with Crippen LogP contribution in [0.4, 0.5) is 8.78 Å². The molecule has 0 amide bonds. The Balaban J connectivity index is 1.59. The summed E-state index contributed by atoms with van der Waals surface area (Å²) in [5, 5.41) is 11.3. The monoisotopic (exact) mass is 295 g/mol. The van der Waals surface area contributed by atoms with Crippen molar-refractivity contribution in [3.8, 4) is 17.2 Å². The molecular weight excluding hydrogens is 280 g/mol. The van der Waals surface area contributed by atoms with Gasteiger partial charge in [0.2, 0.25) is 11.8 Å². The summed E-state index contributed by atoms with van der Waals surface area (Å²) in [4.78, 5) is 0. The van der Waals surface area contributed by atoms with Crippen molar-refractivity contribution in [3.05, 3.63) is 30.2 Å². The summed E-state index contributed by atoms with van der Waals surface area (Å²) in [6.45, 7) is -2.02.